The van der Waals surface area contributed by atoms with Gasteiger partial charge in [-0.25, -0.2) is 4.98 Å². The summed E-state index contributed by atoms with van der Waals surface area (Å²) >= 11 is 2.69. The molecule has 0 spiro atoms. The van der Waals surface area contributed by atoms with Gasteiger partial charge in [0.2, 0.25) is 0 Å². The van der Waals surface area contributed by atoms with E-state index < -0.39 is 11.7 Å². The third-order valence-corrected chi connectivity index (χ3v) is 6.66. The van der Waals surface area contributed by atoms with Crippen LogP contribution in [0.4, 0.5) is 13.2 Å². The SMILES string of the molecule is COC(=O)CSC(OCc1sc(-c2ccc(C(F)(F)F)cc2)nc1C)c1ccccc1. The first-order valence-corrected chi connectivity index (χ1v) is 11.1. The monoisotopic (exact) mass is 467 g/mol. The Labute approximate surface area is 186 Å². The lowest BCUT2D eigenvalue weighted by Gasteiger charge is -2.17. The highest BCUT2D eigenvalue weighted by Crippen LogP contribution is 2.35. The summed E-state index contributed by atoms with van der Waals surface area (Å²) in [5.41, 5.74) is 1.22. The van der Waals surface area contributed by atoms with Crippen molar-refractivity contribution in [2.75, 3.05) is 12.9 Å². The van der Waals surface area contributed by atoms with E-state index in [1.165, 1.54) is 42.3 Å². The Hall–Kier alpha value is -2.36. The summed E-state index contributed by atoms with van der Waals surface area (Å²) in [6.45, 7) is 2.10. The Bertz CT molecular complexity index is 1010. The molecule has 2 aromatic carbocycles. The van der Waals surface area contributed by atoms with Crippen molar-refractivity contribution in [3.05, 3.63) is 76.3 Å². The number of nitrogens with zero attached hydrogens (tertiary/aromatic N) is 1. The normalized spacial score (nSPS) is 12.5. The summed E-state index contributed by atoms with van der Waals surface area (Å²) in [5.74, 6) is -0.192. The van der Waals surface area contributed by atoms with Crippen molar-refractivity contribution in [2.24, 2.45) is 0 Å². The summed E-state index contributed by atoms with van der Waals surface area (Å²) in [5, 5.41) is 0.628. The second-order valence-corrected chi connectivity index (χ2v) is 8.68. The van der Waals surface area contributed by atoms with Gasteiger partial charge in [0.25, 0.3) is 0 Å². The van der Waals surface area contributed by atoms with Crippen molar-refractivity contribution < 1.29 is 27.4 Å². The van der Waals surface area contributed by atoms with E-state index in [1.807, 2.05) is 37.3 Å². The Kier molecular flexibility index (Phi) is 7.74. The van der Waals surface area contributed by atoms with E-state index in [4.69, 9.17) is 9.47 Å². The van der Waals surface area contributed by atoms with Gasteiger partial charge in [-0.3, -0.25) is 4.79 Å². The number of esters is 1. The van der Waals surface area contributed by atoms with Crippen molar-refractivity contribution >= 4 is 29.1 Å². The van der Waals surface area contributed by atoms with Crippen LogP contribution in [-0.4, -0.2) is 23.8 Å². The van der Waals surface area contributed by atoms with Gasteiger partial charge in [0.1, 0.15) is 10.4 Å². The molecule has 1 atom stereocenters. The maximum absolute atomic E-state index is 12.8. The zero-order valence-corrected chi connectivity index (χ0v) is 18.4. The second kappa shape index (κ2) is 10.3. The molecule has 1 unspecified atom stereocenters. The molecule has 0 aliphatic heterocycles. The zero-order valence-electron chi connectivity index (χ0n) is 16.8. The maximum atomic E-state index is 12.8. The zero-order chi connectivity index (χ0) is 22.4. The molecule has 0 saturated carbocycles. The number of thioether (sulfide) groups is 1. The number of hydrogen-bond donors (Lipinski definition) is 0. The van der Waals surface area contributed by atoms with Gasteiger partial charge in [-0.15, -0.1) is 23.1 Å². The van der Waals surface area contributed by atoms with E-state index in [9.17, 15) is 18.0 Å². The fourth-order valence-electron chi connectivity index (χ4n) is 2.69. The molecule has 0 saturated heterocycles. The van der Waals surface area contributed by atoms with E-state index in [-0.39, 0.29) is 23.8 Å². The van der Waals surface area contributed by atoms with Crippen LogP contribution in [-0.2, 0) is 27.1 Å². The Balaban J connectivity index is 1.72. The molecule has 1 aromatic heterocycles. The molecular formula is C22H20F3NO3S2. The Morgan fingerprint density at radius 2 is 1.81 bits per heavy atom. The molecule has 3 rings (SSSR count). The fraction of sp³-hybridized carbons (Fsp3) is 0.273. The first-order valence-electron chi connectivity index (χ1n) is 9.27. The van der Waals surface area contributed by atoms with Crippen LogP contribution in [0.2, 0.25) is 0 Å². The number of thiazole rings is 1. The Morgan fingerprint density at radius 3 is 2.42 bits per heavy atom. The number of halogens is 3. The first-order chi connectivity index (χ1) is 14.8. The maximum Gasteiger partial charge on any atom is 0.416 e. The molecule has 0 bridgehead atoms. The molecule has 31 heavy (non-hydrogen) atoms. The van der Waals surface area contributed by atoms with Crippen LogP contribution < -0.4 is 0 Å². The number of carbonyl (C=O) groups excluding carboxylic acids is 1. The molecule has 4 nitrogen and oxygen atoms in total. The van der Waals surface area contributed by atoms with Crippen LogP contribution in [0.15, 0.2) is 54.6 Å². The van der Waals surface area contributed by atoms with Crippen LogP contribution in [0.1, 0.15) is 27.1 Å². The molecule has 0 aliphatic rings. The van der Waals surface area contributed by atoms with Crippen LogP contribution in [0.25, 0.3) is 10.6 Å². The third kappa shape index (κ3) is 6.32. The number of rotatable bonds is 8. The van der Waals surface area contributed by atoms with E-state index in [0.29, 0.717) is 10.6 Å². The van der Waals surface area contributed by atoms with Gasteiger partial charge in [-0.05, 0) is 24.6 Å². The number of ether oxygens (including phenoxy) is 2. The van der Waals surface area contributed by atoms with Gasteiger partial charge in [-0.1, -0.05) is 42.5 Å². The molecule has 9 heteroatoms. The topological polar surface area (TPSA) is 48.4 Å². The first kappa shape index (κ1) is 23.3. The second-order valence-electron chi connectivity index (χ2n) is 6.54. The average molecular weight is 468 g/mol. The lowest BCUT2D eigenvalue weighted by atomic mass is 10.1. The van der Waals surface area contributed by atoms with Crippen molar-refractivity contribution in [3.63, 3.8) is 0 Å². The summed E-state index contributed by atoms with van der Waals surface area (Å²) in [6, 6.07) is 14.5. The van der Waals surface area contributed by atoms with Gasteiger partial charge in [0.05, 0.1) is 35.6 Å². The summed E-state index contributed by atoms with van der Waals surface area (Å²) in [4.78, 5) is 16.9. The van der Waals surface area contributed by atoms with E-state index >= 15 is 0 Å². The molecule has 1 heterocycles. The highest BCUT2D eigenvalue weighted by molar-refractivity contribution is 8.00. The van der Waals surface area contributed by atoms with Gasteiger partial charge in [0, 0.05) is 5.56 Å². The lowest BCUT2D eigenvalue weighted by Crippen LogP contribution is -2.08. The number of hydrogen-bond acceptors (Lipinski definition) is 6. The lowest BCUT2D eigenvalue weighted by molar-refractivity contribution is -0.138. The summed E-state index contributed by atoms with van der Waals surface area (Å²) < 4.78 is 49.1. The van der Waals surface area contributed by atoms with Crippen LogP contribution in [0, 0.1) is 6.92 Å². The molecule has 0 amide bonds. The minimum absolute atomic E-state index is 0.147. The molecular weight excluding hydrogens is 447 g/mol. The van der Waals surface area contributed by atoms with Gasteiger partial charge < -0.3 is 9.47 Å². The molecule has 0 radical (unpaired) electrons. The average Bonchev–Trinajstić information content (AvgIpc) is 3.14. The van der Waals surface area contributed by atoms with E-state index in [2.05, 4.69) is 4.98 Å². The largest absolute Gasteiger partial charge is 0.468 e. The van der Waals surface area contributed by atoms with Crippen molar-refractivity contribution in [2.45, 2.75) is 25.1 Å². The number of methoxy groups -OCH3 is 1. The quantitative estimate of drug-likeness (QED) is 0.289. The van der Waals surface area contributed by atoms with Gasteiger partial charge in [0.15, 0.2) is 0 Å². The summed E-state index contributed by atoms with van der Waals surface area (Å²) in [7, 11) is 1.34. The number of aromatic nitrogens is 1. The molecule has 164 valence electrons. The van der Waals surface area contributed by atoms with Crippen LogP contribution >= 0.6 is 23.1 Å². The standard InChI is InChI=1S/C22H20F3NO3S2/c1-14-18(31-20(26-14)15-8-10-17(11-9-15)22(23,24)25)12-29-21(30-13-19(27)28-2)16-6-4-3-5-7-16/h3-11,21H,12-13H2,1-2H3. The molecule has 0 fully saturated rings. The van der Waals surface area contributed by atoms with Gasteiger partial charge >= 0.3 is 12.1 Å². The van der Waals surface area contributed by atoms with Crippen molar-refractivity contribution in [3.8, 4) is 10.6 Å². The van der Waals surface area contributed by atoms with Crippen LogP contribution in [0.3, 0.4) is 0 Å². The predicted octanol–water partition coefficient (Wildman–Crippen LogP) is 6.26. The minimum atomic E-state index is -4.37. The number of alkyl halides is 3. The van der Waals surface area contributed by atoms with Crippen LogP contribution in [0.5, 0.6) is 0 Å². The highest BCUT2D eigenvalue weighted by Gasteiger charge is 2.30. The minimum Gasteiger partial charge on any atom is -0.468 e. The predicted molar refractivity (Wildman–Crippen MR) is 116 cm³/mol. The Morgan fingerprint density at radius 1 is 1.13 bits per heavy atom. The van der Waals surface area contributed by atoms with E-state index in [0.717, 1.165) is 28.3 Å². The molecule has 0 N–H and O–H groups in total. The molecule has 3 aromatic rings. The highest BCUT2D eigenvalue weighted by atomic mass is 32.2. The van der Waals surface area contributed by atoms with Crippen molar-refractivity contribution in [1.82, 2.24) is 4.98 Å². The van der Waals surface area contributed by atoms with Crippen molar-refractivity contribution in [1.29, 1.82) is 0 Å². The number of carbonyl (C=O) groups is 1. The van der Waals surface area contributed by atoms with E-state index in [1.54, 1.807) is 0 Å². The molecule has 0 aliphatic carbocycles. The fourth-order valence-corrected chi connectivity index (χ4v) is 4.60. The third-order valence-electron chi connectivity index (χ3n) is 4.37. The smallest absolute Gasteiger partial charge is 0.416 e. The summed E-state index contributed by atoms with van der Waals surface area (Å²) in [6.07, 6.45) is -4.37. The van der Waals surface area contributed by atoms with Gasteiger partial charge in [-0.2, -0.15) is 13.2 Å². The number of benzene rings is 2. The number of aryl methyl sites for hydroxylation is 1.